The minimum absolute atomic E-state index is 0.190. The molecule has 4 heterocycles. The fourth-order valence-corrected chi connectivity index (χ4v) is 3.77. The summed E-state index contributed by atoms with van der Waals surface area (Å²) in [4.78, 5) is 17.5. The molecule has 5 rings (SSSR count). The summed E-state index contributed by atoms with van der Waals surface area (Å²) in [5.74, 6) is 0.134. The van der Waals surface area contributed by atoms with E-state index < -0.39 is 6.10 Å². The van der Waals surface area contributed by atoms with Crippen molar-refractivity contribution in [3.05, 3.63) is 72.0 Å². The van der Waals surface area contributed by atoms with Crippen molar-refractivity contribution in [1.82, 2.24) is 24.5 Å². The first kappa shape index (κ1) is 18.7. The highest BCUT2D eigenvalue weighted by atomic mass is 19.1. The number of fused-ring (bicyclic) bond motifs is 7. The van der Waals surface area contributed by atoms with Crippen LogP contribution in [0.2, 0.25) is 0 Å². The third-order valence-electron chi connectivity index (χ3n) is 5.20. The zero-order chi connectivity index (χ0) is 21.5. The molecule has 152 valence electrons. The van der Waals surface area contributed by atoms with E-state index in [1.807, 2.05) is 0 Å². The van der Waals surface area contributed by atoms with Gasteiger partial charge in [-0.3, -0.25) is 9.97 Å². The Morgan fingerprint density at radius 2 is 2.03 bits per heavy atom. The van der Waals surface area contributed by atoms with Crippen molar-refractivity contribution in [2.75, 3.05) is 5.73 Å². The third-order valence-corrected chi connectivity index (χ3v) is 5.20. The third kappa shape index (κ3) is 3.14. The molecule has 0 aliphatic carbocycles. The van der Waals surface area contributed by atoms with Crippen LogP contribution in [-0.4, -0.2) is 24.5 Å². The maximum Gasteiger partial charge on any atom is 0.166 e. The summed E-state index contributed by atoms with van der Waals surface area (Å²) >= 11 is 0. The van der Waals surface area contributed by atoms with Crippen molar-refractivity contribution >= 4 is 5.82 Å². The maximum atomic E-state index is 14.2. The van der Waals surface area contributed by atoms with Crippen LogP contribution in [0.15, 0.2) is 49.2 Å². The highest BCUT2D eigenvalue weighted by Gasteiger charge is 2.23. The zero-order valence-electron chi connectivity index (χ0n) is 16.5. The average Bonchev–Trinajstić information content (AvgIpc) is 3.17. The molecule has 1 aliphatic rings. The Balaban J connectivity index is 1.83. The predicted octanol–water partition coefficient (Wildman–Crippen LogP) is 3.50. The lowest BCUT2D eigenvalue weighted by Gasteiger charge is -2.21. The molecule has 0 fully saturated rings. The van der Waals surface area contributed by atoms with Crippen LogP contribution < -0.4 is 10.5 Å². The number of rotatable bonds is 0. The molecule has 2 bridgehead atoms. The quantitative estimate of drug-likeness (QED) is 0.469. The second kappa shape index (κ2) is 7.18. The Kier molecular flexibility index (Phi) is 4.33. The second-order valence-electron chi connectivity index (χ2n) is 7.13. The summed E-state index contributed by atoms with van der Waals surface area (Å²) in [6.07, 6.45) is 5.77. The molecule has 2 N–H and O–H groups in total. The number of nitrogens with two attached hydrogens (primary N) is 1. The number of hydrogen-bond donors (Lipinski definition) is 1. The first-order chi connectivity index (χ1) is 15.0. The minimum atomic E-state index is -0.556. The van der Waals surface area contributed by atoms with Crippen molar-refractivity contribution < 1.29 is 9.13 Å². The largest absolute Gasteiger partial charge is 0.482 e. The lowest BCUT2D eigenvalue weighted by atomic mass is 9.98. The van der Waals surface area contributed by atoms with Gasteiger partial charge in [0.2, 0.25) is 0 Å². The fourth-order valence-electron chi connectivity index (χ4n) is 3.77. The van der Waals surface area contributed by atoms with E-state index in [0.717, 1.165) is 0 Å². The van der Waals surface area contributed by atoms with E-state index in [2.05, 4.69) is 26.0 Å². The predicted molar refractivity (Wildman–Crippen MR) is 110 cm³/mol. The summed E-state index contributed by atoms with van der Waals surface area (Å²) in [7, 11) is 0. The first-order valence-corrected chi connectivity index (χ1v) is 9.52. The maximum absolute atomic E-state index is 14.2. The molecule has 1 unspecified atom stereocenters. The molecular weight excluding hydrogens is 397 g/mol. The smallest absolute Gasteiger partial charge is 0.166 e. The van der Waals surface area contributed by atoms with Gasteiger partial charge in [0.25, 0.3) is 0 Å². The van der Waals surface area contributed by atoms with Crippen molar-refractivity contribution in [2.24, 2.45) is 0 Å². The standard InChI is InChI=1S/C22H16FN7O/c1-12-16-7-14(23)2-3-15(16)20-18(26-4-5-27-20)10-30-11-29-17(8-24)21(30)13-6-19(31-12)22(25)28-9-13/h2-7,9,11-12H,10H2,1H3,(H2,25,28). The van der Waals surface area contributed by atoms with Crippen LogP contribution in [-0.2, 0) is 6.54 Å². The van der Waals surface area contributed by atoms with Crippen molar-refractivity contribution in [2.45, 2.75) is 19.6 Å². The summed E-state index contributed by atoms with van der Waals surface area (Å²) in [6, 6.07) is 8.30. The van der Waals surface area contributed by atoms with Crippen LogP contribution in [0.1, 0.15) is 30.0 Å². The van der Waals surface area contributed by atoms with E-state index in [-0.39, 0.29) is 17.3 Å². The lowest BCUT2D eigenvalue weighted by Crippen LogP contribution is -2.12. The number of imidazole rings is 1. The van der Waals surface area contributed by atoms with Crippen LogP contribution in [0.4, 0.5) is 10.2 Å². The molecule has 8 nitrogen and oxygen atoms in total. The fraction of sp³-hybridized carbons (Fsp3) is 0.136. The van der Waals surface area contributed by atoms with Gasteiger partial charge in [-0.1, -0.05) is 0 Å². The van der Waals surface area contributed by atoms with Gasteiger partial charge in [0, 0.05) is 35.3 Å². The van der Waals surface area contributed by atoms with E-state index in [1.165, 1.54) is 12.1 Å². The average molecular weight is 413 g/mol. The molecule has 0 saturated heterocycles. The number of nitrogens with zero attached hydrogens (tertiary/aromatic N) is 6. The number of ether oxygens (including phenoxy) is 1. The summed E-state index contributed by atoms with van der Waals surface area (Å²) in [5.41, 5.74) is 10.0. The molecule has 3 aromatic heterocycles. The van der Waals surface area contributed by atoms with Crippen LogP contribution >= 0.6 is 0 Å². The molecule has 1 aromatic carbocycles. The van der Waals surface area contributed by atoms with E-state index in [1.54, 1.807) is 48.5 Å². The number of nitriles is 1. The Morgan fingerprint density at radius 1 is 1.19 bits per heavy atom. The Labute approximate surface area is 176 Å². The number of anilines is 1. The highest BCUT2D eigenvalue weighted by Crippen LogP contribution is 2.36. The molecule has 9 heteroatoms. The van der Waals surface area contributed by atoms with Gasteiger partial charge in [-0.15, -0.1) is 0 Å². The summed E-state index contributed by atoms with van der Waals surface area (Å²) in [5, 5.41) is 9.58. The van der Waals surface area contributed by atoms with E-state index in [4.69, 9.17) is 10.5 Å². The van der Waals surface area contributed by atoms with Crippen molar-refractivity contribution in [3.8, 4) is 34.3 Å². The molecule has 0 amide bonds. The Bertz CT molecular complexity index is 1360. The summed E-state index contributed by atoms with van der Waals surface area (Å²) < 4.78 is 22.1. The molecule has 0 saturated carbocycles. The van der Waals surface area contributed by atoms with Gasteiger partial charge in [-0.25, -0.2) is 14.4 Å². The number of aromatic nitrogens is 5. The number of benzene rings is 1. The summed E-state index contributed by atoms with van der Waals surface area (Å²) in [6.45, 7) is 2.11. The van der Waals surface area contributed by atoms with Crippen molar-refractivity contribution in [3.63, 3.8) is 0 Å². The van der Waals surface area contributed by atoms with Gasteiger partial charge in [0.05, 0.1) is 30.0 Å². The van der Waals surface area contributed by atoms with Crippen molar-refractivity contribution in [1.29, 1.82) is 5.26 Å². The monoisotopic (exact) mass is 413 g/mol. The van der Waals surface area contributed by atoms with E-state index >= 15 is 0 Å². The number of pyridine rings is 1. The molecule has 0 radical (unpaired) electrons. The van der Waals surface area contributed by atoms with E-state index in [9.17, 15) is 9.65 Å². The van der Waals surface area contributed by atoms with Crippen LogP contribution in [0.3, 0.4) is 0 Å². The lowest BCUT2D eigenvalue weighted by molar-refractivity contribution is 0.227. The van der Waals surface area contributed by atoms with Crippen LogP contribution in [0.25, 0.3) is 22.5 Å². The highest BCUT2D eigenvalue weighted by molar-refractivity contribution is 5.70. The normalized spacial score (nSPS) is 14.7. The van der Waals surface area contributed by atoms with Gasteiger partial charge in [-0.05, 0) is 31.2 Å². The van der Waals surface area contributed by atoms with Gasteiger partial charge in [-0.2, -0.15) is 5.26 Å². The molecule has 1 atom stereocenters. The molecule has 4 aromatic rings. The topological polar surface area (TPSA) is 116 Å². The number of halogens is 1. The van der Waals surface area contributed by atoms with Gasteiger partial charge in [0.1, 0.15) is 18.0 Å². The Morgan fingerprint density at radius 3 is 2.87 bits per heavy atom. The zero-order valence-corrected chi connectivity index (χ0v) is 16.5. The Hall–Kier alpha value is -4.32. The first-order valence-electron chi connectivity index (χ1n) is 9.52. The SMILES string of the molecule is CC1Oc2cc(cnc2N)-c2c(C#N)ncn2Cc2nccnc2-c2ccc(F)cc21. The van der Waals surface area contributed by atoms with Gasteiger partial charge >= 0.3 is 0 Å². The van der Waals surface area contributed by atoms with Crippen LogP contribution in [0.5, 0.6) is 5.75 Å². The second-order valence-corrected chi connectivity index (χ2v) is 7.13. The minimum Gasteiger partial charge on any atom is -0.482 e. The number of nitrogen functional groups attached to an aromatic ring is 1. The van der Waals surface area contributed by atoms with Gasteiger partial charge in [0.15, 0.2) is 17.3 Å². The van der Waals surface area contributed by atoms with Gasteiger partial charge < -0.3 is 15.0 Å². The van der Waals surface area contributed by atoms with E-state index in [0.29, 0.717) is 46.1 Å². The molecular formula is C22H16FN7O. The molecule has 1 aliphatic heterocycles. The molecule has 31 heavy (non-hydrogen) atoms. The molecule has 0 spiro atoms. The van der Waals surface area contributed by atoms with Crippen LogP contribution in [0, 0.1) is 17.1 Å². The number of hydrogen-bond acceptors (Lipinski definition) is 7.